The van der Waals surface area contributed by atoms with Crippen molar-refractivity contribution in [3.05, 3.63) is 47.9 Å². The molecule has 0 unspecified atom stereocenters. The van der Waals surface area contributed by atoms with Gasteiger partial charge in [-0.15, -0.1) is 0 Å². The highest BCUT2D eigenvalue weighted by atomic mass is 35.5. The highest BCUT2D eigenvalue weighted by Crippen LogP contribution is 2.41. The van der Waals surface area contributed by atoms with Crippen LogP contribution in [0.3, 0.4) is 0 Å². The molecule has 28 heavy (non-hydrogen) atoms. The molecule has 0 amide bonds. The summed E-state index contributed by atoms with van der Waals surface area (Å²) in [4.78, 5) is 4.36. The van der Waals surface area contributed by atoms with Gasteiger partial charge >= 0.3 is 0 Å². The maximum atomic E-state index is 6.40. The number of hydrogen-bond donors (Lipinski definition) is 0. The Balaban J connectivity index is 1.61. The molecule has 144 valence electrons. The maximum absolute atomic E-state index is 6.40. The molecule has 0 spiro atoms. The van der Waals surface area contributed by atoms with E-state index >= 15 is 0 Å². The smallest absolute Gasteiger partial charge is 0.269 e. The molecule has 1 aliphatic rings. The first-order chi connectivity index (χ1) is 13.7. The van der Waals surface area contributed by atoms with E-state index in [9.17, 15) is 0 Å². The van der Waals surface area contributed by atoms with E-state index in [0.29, 0.717) is 41.3 Å². The fourth-order valence-corrected chi connectivity index (χ4v) is 2.97. The lowest BCUT2D eigenvalue weighted by atomic mass is 10.1. The van der Waals surface area contributed by atoms with Crippen LogP contribution >= 0.6 is 11.6 Å². The quantitative estimate of drug-likeness (QED) is 0.633. The molecule has 8 heteroatoms. The summed E-state index contributed by atoms with van der Waals surface area (Å²) in [5.41, 5.74) is 1.55. The molecule has 4 rings (SSSR count). The number of nitrogens with zero attached hydrogens (tertiary/aromatic N) is 2. The van der Waals surface area contributed by atoms with Crippen LogP contribution in [0.4, 0.5) is 0 Å². The van der Waals surface area contributed by atoms with Gasteiger partial charge < -0.3 is 23.5 Å². The van der Waals surface area contributed by atoms with Gasteiger partial charge in [0.2, 0.25) is 11.6 Å². The van der Waals surface area contributed by atoms with E-state index < -0.39 is 0 Å². The lowest BCUT2D eigenvalue weighted by molar-refractivity contribution is 0.165. The normalized spacial score (nSPS) is 13.3. The third kappa shape index (κ3) is 3.61. The monoisotopic (exact) mass is 400 g/mol. The number of fused-ring (bicyclic) bond motifs is 1. The molecule has 0 radical (unpaired) electrons. The summed E-state index contributed by atoms with van der Waals surface area (Å²) < 4.78 is 27.1. The lowest BCUT2D eigenvalue weighted by Crippen LogP contribution is -2.16. The van der Waals surface area contributed by atoms with Gasteiger partial charge in [0.05, 0.1) is 14.2 Å². The molecule has 0 saturated carbocycles. The second kappa shape index (κ2) is 7.82. The van der Waals surface area contributed by atoms with Crippen LogP contribution in [0.1, 0.15) is 11.5 Å². The first kappa shape index (κ1) is 18.2. The van der Waals surface area contributed by atoms with Crippen molar-refractivity contribution in [2.75, 3.05) is 27.4 Å². The third-order valence-corrected chi connectivity index (χ3v) is 4.39. The van der Waals surface area contributed by atoms with Gasteiger partial charge in [-0.2, -0.15) is 4.98 Å². The Morgan fingerprint density at radius 1 is 1.07 bits per heavy atom. The van der Waals surface area contributed by atoms with Gasteiger partial charge in [-0.3, -0.25) is 0 Å². The molecule has 2 aromatic carbocycles. The summed E-state index contributed by atoms with van der Waals surface area (Å²) in [6, 6.07) is 11.0. The average molecular weight is 401 g/mol. The van der Waals surface area contributed by atoms with Crippen molar-refractivity contribution in [3.8, 4) is 34.4 Å². The van der Waals surface area contributed by atoms with Crippen LogP contribution in [0.5, 0.6) is 23.0 Å². The van der Waals surface area contributed by atoms with Crippen LogP contribution < -0.4 is 18.9 Å². The van der Waals surface area contributed by atoms with E-state index in [1.165, 1.54) is 0 Å². The van der Waals surface area contributed by atoms with Gasteiger partial charge in [0.25, 0.3) is 5.89 Å². The summed E-state index contributed by atoms with van der Waals surface area (Å²) in [5.74, 6) is 3.15. The molecule has 0 bridgehead atoms. The molecular formula is C20H17ClN2O5. The number of rotatable bonds is 5. The maximum Gasteiger partial charge on any atom is 0.269 e. The van der Waals surface area contributed by atoms with Gasteiger partial charge in [0.1, 0.15) is 24.0 Å². The molecule has 2 heterocycles. The minimum Gasteiger partial charge on any atom is -0.497 e. The molecule has 3 aromatic rings. The third-order valence-electron chi connectivity index (χ3n) is 4.12. The van der Waals surface area contributed by atoms with Crippen molar-refractivity contribution in [2.45, 2.75) is 0 Å². The predicted octanol–water partition coefficient (Wildman–Crippen LogP) is 4.26. The van der Waals surface area contributed by atoms with Crippen LogP contribution in [-0.2, 0) is 0 Å². The number of hydrogen-bond acceptors (Lipinski definition) is 7. The molecule has 0 fully saturated rings. The van der Waals surface area contributed by atoms with Gasteiger partial charge in [0.15, 0.2) is 11.5 Å². The Hall–Kier alpha value is -3.19. The molecule has 0 N–H and O–H groups in total. The average Bonchev–Trinajstić information content (AvgIpc) is 3.23. The molecule has 0 aliphatic carbocycles. The Labute approximate surface area is 166 Å². The fourth-order valence-electron chi connectivity index (χ4n) is 2.76. The van der Waals surface area contributed by atoms with Crippen LogP contribution in [0.15, 0.2) is 40.9 Å². The Kier molecular flexibility index (Phi) is 5.08. The summed E-state index contributed by atoms with van der Waals surface area (Å²) in [5, 5.41) is 4.28. The molecule has 7 nitrogen and oxygen atoms in total. The summed E-state index contributed by atoms with van der Waals surface area (Å²) in [7, 11) is 3.18. The van der Waals surface area contributed by atoms with E-state index in [-0.39, 0.29) is 5.89 Å². The SMILES string of the molecule is COc1ccc(-c2noc(/C(Cl)=C/c3cc(OC)c4c(c3)OCCO4)n2)cc1. The molecule has 1 aromatic heterocycles. The lowest BCUT2D eigenvalue weighted by Gasteiger charge is -2.21. The fraction of sp³-hybridized carbons (Fsp3) is 0.200. The van der Waals surface area contributed by atoms with Gasteiger partial charge in [-0.25, -0.2) is 0 Å². The predicted molar refractivity (Wildman–Crippen MR) is 104 cm³/mol. The van der Waals surface area contributed by atoms with Crippen LogP contribution in [-0.4, -0.2) is 37.6 Å². The van der Waals surface area contributed by atoms with Crippen molar-refractivity contribution >= 4 is 22.7 Å². The highest BCUT2D eigenvalue weighted by Gasteiger charge is 2.19. The van der Waals surface area contributed by atoms with E-state index in [1.54, 1.807) is 26.4 Å². The zero-order valence-corrected chi connectivity index (χ0v) is 16.0. The number of halogens is 1. The zero-order chi connectivity index (χ0) is 19.5. The highest BCUT2D eigenvalue weighted by molar-refractivity contribution is 6.50. The number of benzene rings is 2. The van der Waals surface area contributed by atoms with E-state index in [1.807, 2.05) is 30.3 Å². The minimum atomic E-state index is 0.210. The number of methoxy groups -OCH3 is 2. The summed E-state index contributed by atoms with van der Waals surface area (Å²) >= 11 is 6.40. The summed E-state index contributed by atoms with van der Waals surface area (Å²) in [6.45, 7) is 0.960. The van der Waals surface area contributed by atoms with Crippen molar-refractivity contribution < 1.29 is 23.5 Å². The number of ether oxygens (including phenoxy) is 4. The van der Waals surface area contributed by atoms with Gasteiger partial charge in [-0.05, 0) is 48.0 Å². The van der Waals surface area contributed by atoms with Gasteiger partial charge in [0, 0.05) is 5.56 Å². The van der Waals surface area contributed by atoms with Gasteiger partial charge in [-0.1, -0.05) is 16.8 Å². The molecular weight excluding hydrogens is 384 g/mol. The number of aromatic nitrogens is 2. The second-order valence-electron chi connectivity index (χ2n) is 5.89. The minimum absolute atomic E-state index is 0.210. The van der Waals surface area contributed by atoms with Crippen molar-refractivity contribution in [1.82, 2.24) is 10.1 Å². The second-order valence-corrected chi connectivity index (χ2v) is 6.30. The zero-order valence-electron chi connectivity index (χ0n) is 15.3. The largest absolute Gasteiger partial charge is 0.497 e. The standard InChI is InChI=1S/C20H17ClN2O5/c1-24-14-5-3-13(4-6-14)19-22-20(28-23-19)15(21)9-12-10-16(25-2)18-17(11-12)26-7-8-27-18/h3-6,9-11H,7-8H2,1-2H3/b15-9-. The van der Waals surface area contributed by atoms with Crippen molar-refractivity contribution in [3.63, 3.8) is 0 Å². The van der Waals surface area contributed by atoms with E-state index in [4.69, 9.17) is 35.1 Å². The van der Waals surface area contributed by atoms with Crippen LogP contribution in [0.2, 0.25) is 0 Å². The van der Waals surface area contributed by atoms with Crippen molar-refractivity contribution in [1.29, 1.82) is 0 Å². The van der Waals surface area contributed by atoms with Crippen LogP contribution in [0.25, 0.3) is 22.5 Å². The summed E-state index contributed by atoms with van der Waals surface area (Å²) in [6.07, 6.45) is 1.70. The van der Waals surface area contributed by atoms with E-state index in [2.05, 4.69) is 10.1 Å². The first-order valence-corrected chi connectivity index (χ1v) is 8.89. The Morgan fingerprint density at radius 2 is 1.86 bits per heavy atom. The molecule has 0 atom stereocenters. The Bertz CT molecular complexity index is 997. The Morgan fingerprint density at radius 3 is 2.61 bits per heavy atom. The topological polar surface area (TPSA) is 75.8 Å². The molecule has 0 saturated heterocycles. The van der Waals surface area contributed by atoms with Crippen molar-refractivity contribution in [2.24, 2.45) is 0 Å². The molecule has 1 aliphatic heterocycles. The first-order valence-electron chi connectivity index (χ1n) is 8.51. The van der Waals surface area contributed by atoms with E-state index in [0.717, 1.165) is 16.9 Å². The van der Waals surface area contributed by atoms with Crippen LogP contribution in [0, 0.1) is 0 Å².